The Kier molecular flexibility index (Phi) is 11.2. The number of alkyl halides is 6. The molecule has 0 bridgehead atoms. The van der Waals surface area contributed by atoms with Gasteiger partial charge in [-0.25, -0.2) is 0 Å². The van der Waals surface area contributed by atoms with Gasteiger partial charge in [-0.15, -0.1) is 0 Å². The minimum atomic E-state index is -4.81. The molecule has 0 amide bonds. The van der Waals surface area contributed by atoms with Crippen molar-refractivity contribution >= 4 is 11.6 Å². The molecule has 2 N–H and O–H groups in total. The minimum Gasteiger partial charge on any atom is -0.504 e. The second-order valence-electron chi connectivity index (χ2n) is 3.28. The molecule has 0 aliphatic rings. The summed E-state index contributed by atoms with van der Waals surface area (Å²) in [6.45, 7) is 1.84. The molecule has 0 rings (SSSR count). The van der Waals surface area contributed by atoms with Crippen molar-refractivity contribution < 1.29 is 66.6 Å². The van der Waals surface area contributed by atoms with E-state index < -0.39 is 35.4 Å². The van der Waals surface area contributed by atoms with Crippen LogP contribution in [0.3, 0.4) is 0 Å². The number of aliphatic hydroxyl groups excluding tert-OH is 2. The van der Waals surface area contributed by atoms with Gasteiger partial charge in [0.15, 0.2) is 11.6 Å². The van der Waals surface area contributed by atoms with Gasteiger partial charge >= 0.3 is 12.4 Å². The molecule has 11 heteroatoms. The Balaban J connectivity index is -0.000000295. The van der Waals surface area contributed by atoms with Gasteiger partial charge in [0.2, 0.25) is 11.5 Å². The monoisotopic (exact) mass is 414 g/mol. The summed E-state index contributed by atoms with van der Waals surface area (Å²) >= 11 is 0. The van der Waals surface area contributed by atoms with Crippen LogP contribution in [0.4, 0.5) is 26.3 Å². The molecule has 4 nitrogen and oxygen atoms in total. The van der Waals surface area contributed by atoms with E-state index in [9.17, 15) is 35.9 Å². The predicted molar refractivity (Wildman–Crippen MR) is 54.9 cm³/mol. The molecule has 21 heavy (non-hydrogen) atoms. The van der Waals surface area contributed by atoms with E-state index in [2.05, 4.69) is 0 Å². The van der Waals surface area contributed by atoms with E-state index in [0.717, 1.165) is 13.8 Å². The average Bonchev–Trinajstić information content (AvgIpc) is 2.13. The quantitative estimate of drug-likeness (QED) is 0.315. The standard InChI is InChI=1S/2C5H5F3O2.Pd/c2*1-3(9)2-4(10)5(6,7)8;/h2*2,10H,1H3;. The van der Waals surface area contributed by atoms with E-state index >= 15 is 0 Å². The number of rotatable bonds is 2. The van der Waals surface area contributed by atoms with Crippen LogP contribution in [0.1, 0.15) is 13.8 Å². The molecule has 126 valence electrons. The normalized spacial score (nSPS) is 12.8. The first-order valence-electron chi connectivity index (χ1n) is 4.64. The first-order valence-corrected chi connectivity index (χ1v) is 4.64. The Bertz CT molecular complexity index is 382. The predicted octanol–water partition coefficient (Wildman–Crippen LogP) is 3.16. The molecule has 0 fully saturated rings. The summed E-state index contributed by atoms with van der Waals surface area (Å²) in [4.78, 5) is 19.9. The van der Waals surface area contributed by atoms with Crippen molar-refractivity contribution in [3.8, 4) is 0 Å². The maximum atomic E-state index is 11.3. The van der Waals surface area contributed by atoms with Crippen molar-refractivity contribution in [3.63, 3.8) is 0 Å². The van der Waals surface area contributed by atoms with Gasteiger partial charge in [0.25, 0.3) is 0 Å². The number of carbonyl (C=O) groups is 2. The molecule has 0 aromatic carbocycles. The van der Waals surface area contributed by atoms with Crippen molar-refractivity contribution in [3.05, 3.63) is 23.7 Å². The van der Waals surface area contributed by atoms with E-state index in [1.807, 2.05) is 0 Å². The molecule has 0 aliphatic carbocycles. The number of aliphatic hydroxyl groups is 2. The van der Waals surface area contributed by atoms with E-state index in [-0.39, 0.29) is 32.6 Å². The molecule has 0 spiro atoms. The molecule has 0 saturated carbocycles. The second kappa shape index (κ2) is 9.57. The molecular formula is C10H10F6O4Pd. The molecule has 0 radical (unpaired) electrons. The first kappa shape index (κ1) is 24.7. The van der Waals surface area contributed by atoms with Gasteiger partial charge in [0.1, 0.15) is 0 Å². The number of hydrogen-bond acceptors (Lipinski definition) is 4. The third-order valence-corrected chi connectivity index (χ3v) is 1.26. The van der Waals surface area contributed by atoms with Gasteiger partial charge in [0, 0.05) is 32.6 Å². The van der Waals surface area contributed by atoms with E-state index in [0.29, 0.717) is 0 Å². The molecule has 0 saturated heterocycles. The minimum absolute atomic E-state index is 0. The van der Waals surface area contributed by atoms with Gasteiger partial charge in [-0.1, -0.05) is 0 Å². The fourth-order valence-electron chi connectivity index (χ4n) is 0.549. The van der Waals surface area contributed by atoms with E-state index in [4.69, 9.17) is 10.2 Å². The van der Waals surface area contributed by atoms with Crippen molar-refractivity contribution in [2.45, 2.75) is 26.2 Å². The van der Waals surface area contributed by atoms with Crippen LogP contribution in [0.15, 0.2) is 23.7 Å². The van der Waals surface area contributed by atoms with Gasteiger partial charge in [-0.2, -0.15) is 26.3 Å². The van der Waals surface area contributed by atoms with Crippen LogP contribution in [0.25, 0.3) is 0 Å². The molecule has 0 atom stereocenters. The third-order valence-electron chi connectivity index (χ3n) is 1.26. The summed E-state index contributed by atoms with van der Waals surface area (Å²) in [5, 5.41) is 16.1. The molecule has 0 aromatic rings. The zero-order valence-corrected chi connectivity index (χ0v) is 12.0. The molecule has 0 heterocycles. The van der Waals surface area contributed by atoms with Crippen molar-refractivity contribution in [2.24, 2.45) is 0 Å². The van der Waals surface area contributed by atoms with Crippen molar-refractivity contribution in [2.75, 3.05) is 0 Å². The van der Waals surface area contributed by atoms with Gasteiger partial charge < -0.3 is 10.2 Å². The summed E-state index contributed by atoms with van der Waals surface area (Å²) in [5.74, 6) is -5.40. The summed E-state index contributed by atoms with van der Waals surface area (Å²) in [6, 6.07) is 0. The van der Waals surface area contributed by atoms with Crippen molar-refractivity contribution in [1.82, 2.24) is 0 Å². The largest absolute Gasteiger partial charge is 0.504 e. The molecule has 0 unspecified atom stereocenters. The Labute approximate surface area is 128 Å². The van der Waals surface area contributed by atoms with Gasteiger partial charge in [-0.05, 0) is 13.8 Å². The van der Waals surface area contributed by atoms with Gasteiger partial charge in [0.05, 0.1) is 0 Å². The van der Waals surface area contributed by atoms with E-state index in [1.165, 1.54) is 0 Å². The summed E-state index contributed by atoms with van der Waals surface area (Å²) in [7, 11) is 0. The van der Waals surface area contributed by atoms with Crippen LogP contribution in [0, 0.1) is 0 Å². The Morgan fingerprint density at radius 1 is 0.762 bits per heavy atom. The van der Waals surface area contributed by atoms with Crippen LogP contribution in [0.5, 0.6) is 0 Å². The molecular weight excluding hydrogens is 405 g/mol. The SMILES string of the molecule is CC(=O)C=C(O)C(F)(F)F.CC(=O)C=C(O)C(F)(F)F.[Pd]. The number of carbonyl (C=O) groups excluding carboxylic acids is 2. The number of ketones is 2. The summed E-state index contributed by atoms with van der Waals surface area (Å²) in [5.41, 5.74) is 0. The zero-order chi connectivity index (χ0) is 16.7. The van der Waals surface area contributed by atoms with Crippen LogP contribution < -0.4 is 0 Å². The fraction of sp³-hybridized carbons (Fsp3) is 0.400. The first-order chi connectivity index (χ1) is 8.67. The van der Waals surface area contributed by atoms with Crippen molar-refractivity contribution in [1.29, 1.82) is 0 Å². The Morgan fingerprint density at radius 3 is 1.00 bits per heavy atom. The van der Waals surface area contributed by atoms with E-state index in [1.54, 1.807) is 0 Å². The Morgan fingerprint density at radius 2 is 0.952 bits per heavy atom. The maximum absolute atomic E-state index is 11.3. The maximum Gasteiger partial charge on any atom is 0.448 e. The average molecular weight is 415 g/mol. The molecule has 0 aliphatic heterocycles. The second-order valence-corrected chi connectivity index (χ2v) is 3.28. The zero-order valence-electron chi connectivity index (χ0n) is 10.4. The molecule has 0 aromatic heterocycles. The van der Waals surface area contributed by atoms with Crippen LogP contribution >= 0.6 is 0 Å². The Hall–Kier alpha value is -1.34. The van der Waals surface area contributed by atoms with Crippen LogP contribution in [-0.2, 0) is 30.0 Å². The van der Waals surface area contributed by atoms with Gasteiger partial charge in [-0.3, -0.25) is 9.59 Å². The number of hydrogen-bond donors (Lipinski definition) is 2. The van der Waals surface area contributed by atoms with Crippen LogP contribution in [-0.4, -0.2) is 34.1 Å². The fourth-order valence-corrected chi connectivity index (χ4v) is 0.549. The number of allylic oxidation sites excluding steroid dienone is 4. The number of halogens is 6. The van der Waals surface area contributed by atoms with Crippen LogP contribution in [0.2, 0.25) is 0 Å². The summed E-state index contributed by atoms with van der Waals surface area (Å²) in [6.07, 6.45) is -9.38. The third kappa shape index (κ3) is 14.9. The summed E-state index contributed by atoms with van der Waals surface area (Å²) < 4.78 is 68.0. The topological polar surface area (TPSA) is 74.6 Å². The smallest absolute Gasteiger partial charge is 0.448 e.